The van der Waals surface area contributed by atoms with Crippen molar-refractivity contribution in [2.45, 2.75) is 19.4 Å². The summed E-state index contributed by atoms with van der Waals surface area (Å²) in [6, 6.07) is 3.96. The first-order chi connectivity index (χ1) is 9.95. The van der Waals surface area contributed by atoms with E-state index < -0.39 is 22.3 Å². The number of phenols is 1. The van der Waals surface area contributed by atoms with E-state index in [9.17, 15) is 20.0 Å². The first-order valence-corrected chi connectivity index (χ1v) is 6.74. The van der Waals surface area contributed by atoms with E-state index in [1.807, 2.05) is 0 Å². The average Bonchev–Trinajstić information content (AvgIpc) is 2.47. The number of hydrogen-bond acceptors (Lipinski definition) is 5. The van der Waals surface area contributed by atoms with Crippen LogP contribution in [0.3, 0.4) is 0 Å². The number of ether oxygens (including phenoxy) is 1. The Hall–Kier alpha value is -2.15. The molecule has 1 aromatic carbocycles. The van der Waals surface area contributed by atoms with E-state index >= 15 is 0 Å². The third-order valence-corrected chi connectivity index (χ3v) is 3.92. The number of benzene rings is 1. The highest BCUT2D eigenvalue weighted by Crippen LogP contribution is 2.31. The first-order valence-electron chi connectivity index (χ1n) is 6.74. The van der Waals surface area contributed by atoms with Crippen LogP contribution in [0.2, 0.25) is 0 Å². The van der Waals surface area contributed by atoms with Crippen molar-refractivity contribution in [3.63, 3.8) is 0 Å². The molecule has 21 heavy (non-hydrogen) atoms. The van der Waals surface area contributed by atoms with Gasteiger partial charge in [-0.05, 0) is 18.4 Å². The van der Waals surface area contributed by atoms with E-state index in [1.165, 1.54) is 18.2 Å². The molecule has 114 valence electrons. The van der Waals surface area contributed by atoms with Crippen LogP contribution in [0.25, 0.3) is 0 Å². The molecule has 1 aromatic rings. The monoisotopic (exact) mass is 294 g/mol. The van der Waals surface area contributed by atoms with Crippen LogP contribution < -0.4 is 0 Å². The minimum atomic E-state index is -0.706. The van der Waals surface area contributed by atoms with Crippen molar-refractivity contribution in [1.82, 2.24) is 4.90 Å². The smallest absolute Gasteiger partial charge is 0.311 e. The molecule has 1 N–H and O–H groups in total. The number of carbonyl (C=O) groups is 1. The van der Waals surface area contributed by atoms with E-state index in [0.717, 1.165) is 6.42 Å². The van der Waals surface area contributed by atoms with Gasteiger partial charge in [0.05, 0.1) is 16.6 Å². The Morgan fingerprint density at radius 3 is 2.86 bits per heavy atom. The van der Waals surface area contributed by atoms with Crippen LogP contribution in [-0.4, -0.2) is 47.1 Å². The molecule has 0 aliphatic carbocycles. The maximum atomic E-state index is 12.5. The molecule has 1 heterocycles. The quantitative estimate of drug-likeness (QED) is 0.677. The molecule has 1 amide bonds. The normalized spacial score (nSPS) is 22.1. The molecule has 1 fully saturated rings. The van der Waals surface area contributed by atoms with Crippen LogP contribution in [0.5, 0.6) is 5.75 Å². The SMILES string of the molecule is COC1CN(C(=O)c2cccc([N+](=O)[O-])c2O)CCC1C. The molecule has 2 atom stereocenters. The van der Waals surface area contributed by atoms with Gasteiger partial charge in [-0.25, -0.2) is 0 Å². The minimum Gasteiger partial charge on any atom is -0.502 e. The van der Waals surface area contributed by atoms with Gasteiger partial charge in [0.2, 0.25) is 5.75 Å². The Kier molecular flexibility index (Phi) is 4.42. The van der Waals surface area contributed by atoms with Crippen molar-refractivity contribution < 1.29 is 19.6 Å². The topological polar surface area (TPSA) is 92.9 Å². The lowest BCUT2D eigenvalue weighted by Gasteiger charge is -2.36. The Bertz CT molecular complexity index is 560. The van der Waals surface area contributed by atoms with Crippen LogP contribution in [0.15, 0.2) is 18.2 Å². The summed E-state index contributed by atoms with van der Waals surface area (Å²) in [6.07, 6.45) is 0.725. The predicted octanol–water partition coefficient (Wildman–Crippen LogP) is 1.80. The number of likely N-dealkylation sites (tertiary alicyclic amines) is 1. The standard InChI is InChI=1S/C14H18N2O5/c1-9-6-7-15(8-12(9)21-2)14(18)10-4-3-5-11(13(10)17)16(19)20/h3-5,9,12,17H,6-8H2,1-2H3. The van der Waals surface area contributed by atoms with Crippen molar-refractivity contribution in [2.75, 3.05) is 20.2 Å². The summed E-state index contributed by atoms with van der Waals surface area (Å²) >= 11 is 0. The first kappa shape index (κ1) is 15.2. The molecule has 1 aliphatic heterocycles. The van der Waals surface area contributed by atoms with E-state index in [4.69, 9.17) is 4.74 Å². The summed E-state index contributed by atoms with van der Waals surface area (Å²) in [6.45, 7) is 3.02. The largest absolute Gasteiger partial charge is 0.502 e. The maximum absolute atomic E-state index is 12.5. The van der Waals surface area contributed by atoms with Gasteiger partial charge in [-0.15, -0.1) is 0 Å². The van der Waals surface area contributed by atoms with E-state index in [0.29, 0.717) is 19.0 Å². The fourth-order valence-corrected chi connectivity index (χ4v) is 2.55. The summed E-state index contributed by atoms with van der Waals surface area (Å²) in [7, 11) is 1.60. The van der Waals surface area contributed by atoms with Crippen molar-refractivity contribution in [2.24, 2.45) is 5.92 Å². The van der Waals surface area contributed by atoms with Crippen molar-refractivity contribution in [3.05, 3.63) is 33.9 Å². The molecule has 1 aliphatic rings. The number of para-hydroxylation sites is 1. The summed E-state index contributed by atoms with van der Waals surface area (Å²) in [4.78, 5) is 24.1. The maximum Gasteiger partial charge on any atom is 0.311 e. The fraction of sp³-hybridized carbons (Fsp3) is 0.500. The zero-order valence-corrected chi connectivity index (χ0v) is 12.0. The number of aromatic hydroxyl groups is 1. The number of piperidine rings is 1. The van der Waals surface area contributed by atoms with E-state index in [2.05, 4.69) is 6.92 Å². The number of carbonyl (C=O) groups excluding carboxylic acids is 1. The second-order valence-electron chi connectivity index (χ2n) is 5.22. The molecule has 1 saturated heterocycles. The van der Waals surface area contributed by atoms with Gasteiger partial charge in [0.25, 0.3) is 5.91 Å². The second-order valence-corrected chi connectivity index (χ2v) is 5.22. The molecule has 0 radical (unpaired) electrons. The Morgan fingerprint density at radius 2 is 2.24 bits per heavy atom. The lowest BCUT2D eigenvalue weighted by Crippen LogP contribution is -2.46. The van der Waals surface area contributed by atoms with Gasteiger partial charge in [-0.2, -0.15) is 0 Å². The van der Waals surface area contributed by atoms with Crippen molar-refractivity contribution in [1.29, 1.82) is 0 Å². The van der Waals surface area contributed by atoms with Gasteiger partial charge in [0.1, 0.15) is 0 Å². The Morgan fingerprint density at radius 1 is 1.52 bits per heavy atom. The van der Waals surface area contributed by atoms with Crippen LogP contribution in [0.1, 0.15) is 23.7 Å². The molecule has 0 spiro atoms. The van der Waals surface area contributed by atoms with E-state index in [-0.39, 0.29) is 11.7 Å². The highest BCUT2D eigenvalue weighted by Gasteiger charge is 2.31. The summed E-state index contributed by atoms with van der Waals surface area (Å²) in [5.74, 6) is -0.650. The molecular weight excluding hydrogens is 276 g/mol. The number of nitrogens with zero attached hydrogens (tertiary/aromatic N) is 2. The highest BCUT2D eigenvalue weighted by molar-refractivity contribution is 5.98. The number of rotatable bonds is 3. The number of amides is 1. The average molecular weight is 294 g/mol. The Balaban J connectivity index is 2.25. The zero-order valence-electron chi connectivity index (χ0n) is 12.0. The number of phenolic OH excluding ortho intramolecular Hbond substituents is 1. The lowest BCUT2D eigenvalue weighted by molar-refractivity contribution is -0.385. The van der Waals surface area contributed by atoms with Crippen molar-refractivity contribution >= 4 is 11.6 Å². The molecule has 7 heteroatoms. The molecule has 7 nitrogen and oxygen atoms in total. The Labute approximate surface area is 122 Å². The highest BCUT2D eigenvalue weighted by atomic mass is 16.6. The zero-order chi connectivity index (χ0) is 15.6. The summed E-state index contributed by atoms with van der Waals surface area (Å²) < 4.78 is 5.35. The second kappa shape index (κ2) is 6.09. The molecule has 2 unspecified atom stereocenters. The number of nitro groups is 1. The van der Waals surface area contributed by atoms with Crippen molar-refractivity contribution in [3.8, 4) is 5.75 Å². The summed E-state index contributed by atoms with van der Waals surface area (Å²) in [5.41, 5.74) is -0.511. The fourth-order valence-electron chi connectivity index (χ4n) is 2.55. The van der Waals surface area contributed by atoms with E-state index in [1.54, 1.807) is 12.0 Å². The molecular formula is C14H18N2O5. The van der Waals surface area contributed by atoms with Gasteiger partial charge in [-0.3, -0.25) is 14.9 Å². The number of nitro benzene ring substituents is 1. The molecule has 0 saturated carbocycles. The van der Waals surface area contributed by atoms with Crippen LogP contribution in [-0.2, 0) is 4.74 Å². The predicted molar refractivity (Wildman–Crippen MR) is 75.2 cm³/mol. The third kappa shape index (κ3) is 2.97. The van der Waals surface area contributed by atoms with Gasteiger partial charge < -0.3 is 14.7 Å². The van der Waals surface area contributed by atoms with Gasteiger partial charge in [-0.1, -0.05) is 13.0 Å². The number of hydrogen-bond donors (Lipinski definition) is 1. The third-order valence-electron chi connectivity index (χ3n) is 3.92. The minimum absolute atomic E-state index is 0.0476. The van der Waals surface area contributed by atoms with Crippen LogP contribution in [0.4, 0.5) is 5.69 Å². The summed E-state index contributed by atoms with van der Waals surface area (Å²) in [5, 5.41) is 20.7. The molecule has 2 rings (SSSR count). The lowest BCUT2D eigenvalue weighted by atomic mass is 9.95. The van der Waals surface area contributed by atoms with Crippen LogP contribution >= 0.6 is 0 Å². The van der Waals surface area contributed by atoms with Gasteiger partial charge in [0.15, 0.2) is 0 Å². The number of methoxy groups -OCH3 is 1. The molecule has 0 aromatic heterocycles. The van der Waals surface area contributed by atoms with Gasteiger partial charge >= 0.3 is 5.69 Å². The molecule has 0 bridgehead atoms. The van der Waals surface area contributed by atoms with Gasteiger partial charge in [0, 0.05) is 26.3 Å². The van der Waals surface area contributed by atoms with Crippen LogP contribution in [0, 0.1) is 16.0 Å².